The van der Waals surface area contributed by atoms with Crippen molar-refractivity contribution in [3.63, 3.8) is 0 Å². The van der Waals surface area contributed by atoms with Crippen LogP contribution >= 0.6 is 0 Å². The van der Waals surface area contributed by atoms with Gasteiger partial charge in [0, 0.05) is 13.6 Å². The minimum Gasteiger partial charge on any atom is -0.497 e. The Bertz CT molecular complexity index is 938. The fraction of sp³-hybridized carbons (Fsp3) is 0.263. The summed E-state index contributed by atoms with van der Waals surface area (Å²) in [4.78, 5) is 23.5. The molecule has 1 heterocycles. The van der Waals surface area contributed by atoms with Gasteiger partial charge in [-0.2, -0.15) is 0 Å². The van der Waals surface area contributed by atoms with E-state index in [-0.39, 0.29) is 11.7 Å². The average molecular weight is 340 g/mol. The molecule has 3 aromatic rings. The zero-order valence-corrected chi connectivity index (χ0v) is 14.2. The van der Waals surface area contributed by atoms with Crippen molar-refractivity contribution in [3.8, 4) is 5.75 Å². The van der Waals surface area contributed by atoms with E-state index in [1.54, 1.807) is 20.2 Å². The number of oxazole rings is 1. The zero-order valence-electron chi connectivity index (χ0n) is 14.2. The Morgan fingerprint density at radius 1 is 1.16 bits per heavy atom. The Morgan fingerprint density at radius 3 is 2.60 bits per heavy atom. The van der Waals surface area contributed by atoms with Gasteiger partial charge in [-0.15, -0.1) is 0 Å². The number of amides is 1. The Labute approximate surface area is 145 Å². The van der Waals surface area contributed by atoms with Crippen LogP contribution < -0.4 is 15.8 Å². The smallest absolute Gasteiger partial charge is 0.419 e. The molecule has 130 valence electrons. The number of benzene rings is 2. The van der Waals surface area contributed by atoms with Gasteiger partial charge in [-0.3, -0.25) is 9.36 Å². The van der Waals surface area contributed by atoms with Crippen LogP contribution in [0.15, 0.2) is 51.7 Å². The van der Waals surface area contributed by atoms with E-state index < -0.39 is 0 Å². The molecule has 0 fully saturated rings. The lowest BCUT2D eigenvalue weighted by molar-refractivity contribution is -0.120. The normalized spacial score (nSPS) is 10.8. The number of fused-ring (bicyclic) bond motifs is 1. The number of nitrogens with one attached hydrogen (secondary N) is 1. The van der Waals surface area contributed by atoms with Crippen molar-refractivity contribution in [3.05, 3.63) is 64.1 Å². The van der Waals surface area contributed by atoms with Crippen molar-refractivity contribution in [1.29, 1.82) is 0 Å². The molecule has 0 atom stereocenters. The molecule has 0 unspecified atom stereocenters. The van der Waals surface area contributed by atoms with Gasteiger partial charge in [0.05, 0.1) is 19.0 Å². The fourth-order valence-corrected chi connectivity index (χ4v) is 2.67. The number of nitrogens with zero attached hydrogens (tertiary/aromatic N) is 1. The Kier molecular flexibility index (Phi) is 4.88. The van der Waals surface area contributed by atoms with Crippen LogP contribution in [0.25, 0.3) is 11.1 Å². The van der Waals surface area contributed by atoms with Crippen molar-refractivity contribution >= 4 is 17.0 Å². The van der Waals surface area contributed by atoms with Crippen molar-refractivity contribution in [2.24, 2.45) is 7.05 Å². The highest BCUT2D eigenvalue weighted by molar-refractivity contribution is 5.78. The Hall–Kier alpha value is -3.02. The number of ether oxygens (including phenoxy) is 1. The van der Waals surface area contributed by atoms with Gasteiger partial charge in [0.1, 0.15) is 5.75 Å². The summed E-state index contributed by atoms with van der Waals surface area (Å²) in [6, 6.07) is 13.0. The first kappa shape index (κ1) is 16.8. The van der Waals surface area contributed by atoms with Gasteiger partial charge in [0.2, 0.25) is 5.91 Å². The quantitative estimate of drug-likeness (QED) is 0.745. The molecule has 0 radical (unpaired) electrons. The molecule has 0 saturated heterocycles. The van der Waals surface area contributed by atoms with Crippen LogP contribution in [-0.2, 0) is 24.7 Å². The summed E-state index contributed by atoms with van der Waals surface area (Å²) in [5.41, 5.74) is 3.30. The van der Waals surface area contributed by atoms with Gasteiger partial charge in [-0.1, -0.05) is 18.2 Å². The monoisotopic (exact) mass is 340 g/mol. The topological polar surface area (TPSA) is 73.5 Å². The van der Waals surface area contributed by atoms with Gasteiger partial charge in [-0.25, -0.2) is 4.79 Å². The molecule has 1 N–H and O–H groups in total. The highest BCUT2D eigenvalue weighted by Gasteiger charge is 2.07. The molecule has 1 aromatic heterocycles. The molecule has 0 saturated carbocycles. The van der Waals surface area contributed by atoms with Gasteiger partial charge < -0.3 is 14.5 Å². The number of hydrogen-bond acceptors (Lipinski definition) is 4. The predicted octanol–water partition coefficient (Wildman–Crippen LogP) is 2.04. The maximum absolute atomic E-state index is 12.0. The summed E-state index contributed by atoms with van der Waals surface area (Å²) in [5.74, 6) is 0.370. The van der Waals surface area contributed by atoms with Crippen LogP contribution in [0.3, 0.4) is 0 Å². The van der Waals surface area contributed by atoms with Crippen LogP contribution in [0.5, 0.6) is 5.75 Å². The summed E-state index contributed by atoms with van der Waals surface area (Å²) in [7, 11) is 3.29. The second kappa shape index (κ2) is 7.25. The number of rotatable bonds is 6. The van der Waals surface area contributed by atoms with Crippen molar-refractivity contribution in [2.45, 2.75) is 12.8 Å². The van der Waals surface area contributed by atoms with E-state index in [2.05, 4.69) is 5.32 Å². The second-order valence-corrected chi connectivity index (χ2v) is 5.85. The van der Waals surface area contributed by atoms with Crippen molar-refractivity contribution in [2.75, 3.05) is 13.7 Å². The molecule has 3 rings (SSSR count). The summed E-state index contributed by atoms with van der Waals surface area (Å²) < 4.78 is 11.7. The summed E-state index contributed by atoms with van der Waals surface area (Å²) >= 11 is 0. The van der Waals surface area contributed by atoms with E-state index >= 15 is 0 Å². The lowest BCUT2D eigenvalue weighted by atomic mass is 10.1. The molecule has 0 bridgehead atoms. The lowest BCUT2D eigenvalue weighted by Crippen LogP contribution is -2.27. The molecular formula is C19H20N2O4. The minimum absolute atomic E-state index is 0.0260. The first-order chi connectivity index (χ1) is 12.1. The molecule has 25 heavy (non-hydrogen) atoms. The molecule has 6 nitrogen and oxygen atoms in total. The maximum atomic E-state index is 12.0. The van der Waals surface area contributed by atoms with Gasteiger partial charge in [-0.05, 0) is 41.8 Å². The van der Waals surface area contributed by atoms with Crippen molar-refractivity contribution < 1.29 is 13.9 Å². The lowest BCUT2D eigenvalue weighted by Gasteiger charge is -2.06. The summed E-state index contributed by atoms with van der Waals surface area (Å²) in [6.07, 6.45) is 1.02. The first-order valence-electron chi connectivity index (χ1n) is 8.05. The highest BCUT2D eigenvalue weighted by atomic mass is 16.5. The largest absolute Gasteiger partial charge is 0.497 e. The van der Waals surface area contributed by atoms with Gasteiger partial charge in [0.15, 0.2) is 5.58 Å². The minimum atomic E-state index is -0.375. The molecule has 6 heteroatoms. The number of methoxy groups -OCH3 is 1. The second-order valence-electron chi connectivity index (χ2n) is 5.85. The van der Waals surface area contributed by atoms with Crippen LogP contribution in [0, 0.1) is 0 Å². The van der Waals surface area contributed by atoms with Crippen LogP contribution in [0.1, 0.15) is 11.1 Å². The van der Waals surface area contributed by atoms with E-state index in [4.69, 9.17) is 9.15 Å². The third-order valence-electron chi connectivity index (χ3n) is 4.12. The van der Waals surface area contributed by atoms with Crippen LogP contribution in [0.2, 0.25) is 0 Å². The summed E-state index contributed by atoms with van der Waals surface area (Å²) in [6.45, 7) is 0.534. The third-order valence-corrected chi connectivity index (χ3v) is 4.12. The SMILES string of the molecule is COc1ccc(CC(=O)NCCc2ccc3oc(=O)n(C)c3c2)cc1. The first-order valence-corrected chi connectivity index (χ1v) is 8.05. The highest BCUT2D eigenvalue weighted by Crippen LogP contribution is 2.14. The third kappa shape index (κ3) is 3.91. The molecule has 1 amide bonds. The summed E-state index contributed by atoms with van der Waals surface area (Å²) in [5, 5.41) is 2.91. The van der Waals surface area contributed by atoms with E-state index in [9.17, 15) is 9.59 Å². The van der Waals surface area contributed by atoms with Crippen LogP contribution in [-0.4, -0.2) is 24.1 Å². The van der Waals surface area contributed by atoms with Crippen LogP contribution in [0.4, 0.5) is 0 Å². The number of carbonyl (C=O) groups is 1. The Balaban J connectivity index is 1.54. The molecular weight excluding hydrogens is 320 g/mol. The van der Waals surface area contributed by atoms with Gasteiger partial charge in [0.25, 0.3) is 0 Å². The fourth-order valence-electron chi connectivity index (χ4n) is 2.67. The molecule has 0 aliphatic heterocycles. The number of aryl methyl sites for hydroxylation is 1. The van der Waals surface area contributed by atoms with Crippen molar-refractivity contribution in [1.82, 2.24) is 9.88 Å². The van der Waals surface area contributed by atoms with E-state index in [0.717, 1.165) is 22.4 Å². The number of carbonyl (C=O) groups excluding carboxylic acids is 1. The average Bonchev–Trinajstić information content (AvgIpc) is 2.90. The van der Waals surface area contributed by atoms with E-state index in [1.807, 2.05) is 36.4 Å². The van der Waals surface area contributed by atoms with E-state index in [1.165, 1.54) is 4.57 Å². The number of hydrogen-bond donors (Lipinski definition) is 1. The standard InChI is InChI=1S/C19H20N2O4/c1-21-16-11-14(5-8-17(16)25-19(21)23)9-10-20-18(22)12-13-3-6-15(24-2)7-4-13/h3-8,11H,9-10,12H2,1-2H3,(H,20,22). The number of aromatic nitrogens is 1. The van der Waals surface area contributed by atoms with E-state index in [0.29, 0.717) is 25.0 Å². The Morgan fingerprint density at radius 2 is 1.88 bits per heavy atom. The maximum Gasteiger partial charge on any atom is 0.419 e. The molecule has 0 aliphatic rings. The zero-order chi connectivity index (χ0) is 17.8. The molecule has 0 spiro atoms. The molecule has 0 aliphatic carbocycles. The predicted molar refractivity (Wildman–Crippen MR) is 94.9 cm³/mol. The molecule has 2 aromatic carbocycles. The van der Waals surface area contributed by atoms with Gasteiger partial charge >= 0.3 is 5.76 Å².